The molecule has 2 aromatic heterocycles. The van der Waals surface area contributed by atoms with Crippen LogP contribution in [-0.4, -0.2) is 28.2 Å². The molecule has 9 heteroatoms. The Hall–Kier alpha value is -2.00. The third-order valence-corrected chi connectivity index (χ3v) is 3.54. The predicted molar refractivity (Wildman–Crippen MR) is 63.7 cm³/mol. The van der Waals surface area contributed by atoms with E-state index in [-0.39, 0.29) is 17.4 Å². The van der Waals surface area contributed by atoms with Gasteiger partial charge in [-0.15, -0.1) is 0 Å². The molecule has 0 atom stereocenters. The van der Waals surface area contributed by atoms with E-state index in [4.69, 9.17) is 5.73 Å². The number of hydrogen-bond acceptors (Lipinski definition) is 6. The van der Waals surface area contributed by atoms with Crippen LogP contribution in [-0.2, 0) is 23.6 Å². The number of nitrogens with two attached hydrogens (primary N) is 1. The van der Waals surface area contributed by atoms with Gasteiger partial charge in [0.15, 0.2) is 0 Å². The SMILES string of the molecule is Cn1cc(CNS(=O)(=O)c2cnc(N)nc2)cn1. The lowest BCUT2D eigenvalue weighted by molar-refractivity contribution is 0.580. The van der Waals surface area contributed by atoms with E-state index in [1.807, 2.05) is 0 Å². The summed E-state index contributed by atoms with van der Waals surface area (Å²) in [5.74, 6) is 0.0289. The van der Waals surface area contributed by atoms with Crippen molar-refractivity contribution >= 4 is 16.0 Å². The van der Waals surface area contributed by atoms with Crippen LogP contribution in [0.25, 0.3) is 0 Å². The number of aryl methyl sites for hydroxylation is 1. The van der Waals surface area contributed by atoms with Gasteiger partial charge in [-0.3, -0.25) is 4.68 Å². The molecule has 18 heavy (non-hydrogen) atoms. The second-order valence-corrected chi connectivity index (χ2v) is 5.39. The van der Waals surface area contributed by atoms with Gasteiger partial charge in [0.05, 0.1) is 18.6 Å². The van der Waals surface area contributed by atoms with Crippen molar-refractivity contribution in [2.75, 3.05) is 5.73 Å². The molecule has 0 aliphatic heterocycles. The van der Waals surface area contributed by atoms with Crippen molar-refractivity contribution in [3.63, 3.8) is 0 Å². The van der Waals surface area contributed by atoms with E-state index in [1.165, 1.54) is 0 Å². The van der Waals surface area contributed by atoms with E-state index >= 15 is 0 Å². The minimum absolute atomic E-state index is 0.0272. The molecule has 0 unspecified atom stereocenters. The fraction of sp³-hybridized carbons (Fsp3) is 0.222. The zero-order valence-electron chi connectivity index (χ0n) is 9.61. The molecule has 0 spiro atoms. The minimum Gasteiger partial charge on any atom is -0.368 e. The van der Waals surface area contributed by atoms with Crippen LogP contribution >= 0.6 is 0 Å². The molecular formula is C9H12N6O2S. The van der Waals surface area contributed by atoms with Crippen molar-refractivity contribution in [3.05, 3.63) is 30.4 Å². The fourth-order valence-electron chi connectivity index (χ4n) is 1.29. The quantitative estimate of drug-likeness (QED) is 0.755. The van der Waals surface area contributed by atoms with E-state index in [0.29, 0.717) is 0 Å². The van der Waals surface area contributed by atoms with Gasteiger partial charge >= 0.3 is 0 Å². The second kappa shape index (κ2) is 4.70. The van der Waals surface area contributed by atoms with E-state index < -0.39 is 10.0 Å². The number of rotatable bonds is 4. The van der Waals surface area contributed by atoms with Crippen LogP contribution in [0.5, 0.6) is 0 Å². The third-order valence-electron chi connectivity index (χ3n) is 2.18. The van der Waals surface area contributed by atoms with Gasteiger partial charge in [-0.05, 0) is 0 Å². The Labute approximate surface area is 104 Å². The van der Waals surface area contributed by atoms with Crippen molar-refractivity contribution in [3.8, 4) is 0 Å². The summed E-state index contributed by atoms with van der Waals surface area (Å²) in [6, 6.07) is 0. The highest BCUT2D eigenvalue weighted by Gasteiger charge is 2.14. The molecule has 2 rings (SSSR count). The Bertz CT molecular complexity index is 633. The lowest BCUT2D eigenvalue weighted by atomic mass is 10.4. The first-order chi connectivity index (χ1) is 8.47. The first-order valence-electron chi connectivity index (χ1n) is 5.02. The van der Waals surface area contributed by atoms with E-state index in [9.17, 15) is 8.42 Å². The lowest BCUT2D eigenvalue weighted by Crippen LogP contribution is -2.23. The van der Waals surface area contributed by atoms with Gasteiger partial charge in [-0.2, -0.15) is 5.10 Å². The van der Waals surface area contributed by atoms with Crippen molar-refractivity contribution < 1.29 is 8.42 Å². The third kappa shape index (κ3) is 2.81. The maximum atomic E-state index is 11.9. The van der Waals surface area contributed by atoms with Crippen LogP contribution in [0.15, 0.2) is 29.7 Å². The van der Waals surface area contributed by atoms with Crippen molar-refractivity contribution in [1.82, 2.24) is 24.5 Å². The molecule has 96 valence electrons. The smallest absolute Gasteiger partial charge is 0.243 e. The van der Waals surface area contributed by atoms with E-state index in [2.05, 4.69) is 19.8 Å². The minimum atomic E-state index is -3.63. The standard InChI is InChI=1S/C9H12N6O2S/c1-15-6-7(2-13-15)3-14-18(16,17)8-4-11-9(10)12-5-8/h2,4-6,14H,3H2,1H3,(H2,10,11,12). The van der Waals surface area contributed by atoms with Crippen LogP contribution in [0.4, 0.5) is 5.95 Å². The molecule has 0 aliphatic carbocycles. The van der Waals surface area contributed by atoms with Crippen LogP contribution in [0, 0.1) is 0 Å². The van der Waals surface area contributed by atoms with Gasteiger partial charge in [0.1, 0.15) is 4.90 Å². The predicted octanol–water partition coefficient (Wildman–Crippen LogP) is -0.729. The first-order valence-corrected chi connectivity index (χ1v) is 6.50. The molecule has 0 fully saturated rings. The molecule has 0 saturated heterocycles. The summed E-state index contributed by atoms with van der Waals surface area (Å²) in [6.07, 6.45) is 5.63. The topological polar surface area (TPSA) is 116 Å². The number of nitrogens with zero attached hydrogens (tertiary/aromatic N) is 4. The average molecular weight is 268 g/mol. The number of nitrogen functional groups attached to an aromatic ring is 1. The largest absolute Gasteiger partial charge is 0.368 e. The first kappa shape index (κ1) is 12.5. The summed E-state index contributed by atoms with van der Waals surface area (Å²) in [6.45, 7) is 0.153. The molecule has 0 aliphatic rings. The lowest BCUT2D eigenvalue weighted by Gasteiger charge is -2.04. The maximum Gasteiger partial charge on any atom is 0.243 e. The van der Waals surface area contributed by atoms with Gasteiger partial charge in [0.2, 0.25) is 16.0 Å². The number of sulfonamides is 1. The van der Waals surface area contributed by atoms with Gasteiger partial charge in [-0.1, -0.05) is 0 Å². The van der Waals surface area contributed by atoms with Gasteiger partial charge < -0.3 is 5.73 Å². The Balaban J connectivity index is 2.10. The van der Waals surface area contributed by atoms with Gasteiger partial charge in [0.25, 0.3) is 0 Å². The van der Waals surface area contributed by atoms with E-state index in [0.717, 1.165) is 18.0 Å². The van der Waals surface area contributed by atoms with Crippen LogP contribution < -0.4 is 10.5 Å². The maximum absolute atomic E-state index is 11.9. The van der Waals surface area contributed by atoms with Gasteiger partial charge in [-0.25, -0.2) is 23.1 Å². The van der Waals surface area contributed by atoms with Crippen LogP contribution in [0.2, 0.25) is 0 Å². The van der Waals surface area contributed by atoms with E-state index in [1.54, 1.807) is 24.1 Å². The number of hydrogen-bond donors (Lipinski definition) is 2. The summed E-state index contributed by atoms with van der Waals surface area (Å²) in [5, 5.41) is 3.94. The molecule has 0 amide bonds. The molecule has 2 aromatic rings. The highest BCUT2D eigenvalue weighted by Crippen LogP contribution is 2.07. The van der Waals surface area contributed by atoms with Gasteiger partial charge in [0, 0.05) is 25.4 Å². The number of nitrogens with one attached hydrogen (secondary N) is 1. The number of anilines is 1. The zero-order valence-corrected chi connectivity index (χ0v) is 10.4. The zero-order chi connectivity index (χ0) is 13.2. The highest BCUT2D eigenvalue weighted by molar-refractivity contribution is 7.89. The molecule has 0 saturated carbocycles. The molecule has 0 radical (unpaired) electrons. The fourth-order valence-corrected chi connectivity index (χ4v) is 2.20. The normalized spacial score (nSPS) is 11.6. The Kier molecular flexibility index (Phi) is 3.26. The van der Waals surface area contributed by atoms with Crippen LogP contribution in [0.1, 0.15) is 5.56 Å². The van der Waals surface area contributed by atoms with Crippen molar-refractivity contribution in [2.24, 2.45) is 7.05 Å². The van der Waals surface area contributed by atoms with Crippen molar-refractivity contribution in [1.29, 1.82) is 0 Å². The molecular weight excluding hydrogens is 256 g/mol. The summed E-state index contributed by atoms with van der Waals surface area (Å²) in [7, 11) is -1.88. The molecule has 3 N–H and O–H groups in total. The average Bonchev–Trinajstić information content (AvgIpc) is 2.73. The Morgan fingerprint density at radius 2 is 2.00 bits per heavy atom. The summed E-state index contributed by atoms with van der Waals surface area (Å²) >= 11 is 0. The van der Waals surface area contributed by atoms with Crippen LogP contribution in [0.3, 0.4) is 0 Å². The van der Waals surface area contributed by atoms with Crippen molar-refractivity contribution in [2.45, 2.75) is 11.4 Å². The second-order valence-electron chi connectivity index (χ2n) is 3.62. The Morgan fingerprint density at radius 3 is 2.56 bits per heavy atom. The Morgan fingerprint density at radius 1 is 1.33 bits per heavy atom. The number of aromatic nitrogens is 4. The highest BCUT2D eigenvalue weighted by atomic mass is 32.2. The summed E-state index contributed by atoms with van der Waals surface area (Å²) in [5.41, 5.74) is 6.05. The monoisotopic (exact) mass is 268 g/mol. The molecule has 0 bridgehead atoms. The molecule has 2 heterocycles. The molecule has 8 nitrogen and oxygen atoms in total. The molecule has 0 aromatic carbocycles. The summed E-state index contributed by atoms with van der Waals surface area (Å²) < 4.78 is 27.7. The summed E-state index contributed by atoms with van der Waals surface area (Å²) in [4.78, 5) is 7.24.